The molecule has 1 nitrogen and oxygen atoms in total. The third-order valence-corrected chi connectivity index (χ3v) is 3.12. The first kappa shape index (κ1) is 7.00. The molecule has 2 heteroatoms. The molecule has 0 bridgehead atoms. The summed E-state index contributed by atoms with van der Waals surface area (Å²) in [6.07, 6.45) is 1.86. The molecule has 2 rings (SSSR count). The van der Waals surface area contributed by atoms with Crippen molar-refractivity contribution in [3.05, 3.63) is 35.4 Å². The summed E-state index contributed by atoms with van der Waals surface area (Å²) < 4.78 is 0. The van der Waals surface area contributed by atoms with Crippen LogP contribution in [0, 0.1) is 0 Å². The zero-order chi connectivity index (χ0) is 7.68. The molecule has 1 heterocycles. The second-order valence-corrected chi connectivity index (χ2v) is 3.89. The number of hydrogen-bond donors (Lipinski definition) is 0. The molecule has 0 saturated carbocycles. The zero-order valence-corrected chi connectivity index (χ0v) is 7.13. The average molecular weight is 164 g/mol. The molecule has 0 aliphatic carbocycles. The Morgan fingerprint density at radius 2 is 2.00 bits per heavy atom. The van der Waals surface area contributed by atoms with Crippen molar-refractivity contribution in [1.82, 2.24) is 0 Å². The van der Waals surface area contributed by atoms with Crippen molar-refractivity contribution in [2.75, 3.05) is 6.16 Å². The van der Waals surface area contributed by atoms with E-state index in [0.29, 0.717) is 5.78 Å². The maximum atomic E-state index is 11.3. The van der Waals surface area contributed by atoms with Crippen molar-refractivity contribution in [1.29, 1.82) is 0 Å². The SMILES string of the molecule is O=C1CPCc2ccccc21. The lowest BCUT2D eigenvalue weighted by Crippen LogP contribution is -2.09. The highest BCUT2D eigenvalue weighted by Gasteiger charge is 2.14. The predicted molar refractivity (Wildman–Crippen MR) is 47.7 cm³/mol. The van der Waals surface area contributed by atoms with E-state index in [2.05, 4.69) is 6.07 Å². The molecule has 1 unspecified atom stereocenters. The van der Waals surface area contributed by atoms with Gasteiger partial charge in [-0.3, -0.25) is 4.79 Å². The Morgan fingerprint density at radius 3 is 2.82 bits per heavy atom. The van der Waals surface area contributed by atoms with Crippen LogP contribution in [-0.4, -0.2) is 11.9 Å². The topological polar surface area (TPSA) is 17.1 Å². The van der Waals surface area contributed by atoms with Gasteiger partial charge in [-0.1, -0.05) is 24.3 Å². The molecule has 0 spiro atoms. The normalized spacial score (nSPS) is 18.4. The number of Topliss-reactive ketones (excluding diaryl/α,β-unsaturated/α-hetero) is 1. The summed E-state index contributed by atoms with van der Waals surface area (Å²) >= 11 is 0. The Morgan fingerprint density at radius 1 is 1.18 bits per heavy atom. The molecule has 0 radical (unpaired) electrons. The van der Waals surface area contributed by atoms with E-state index in [1.54, 1.807) is 0 Å². The third kappa shape index (κ3) is 1.21. The molecule has 1 aromatic carbocycles. The van der Waals surface area contributed by atoms with E-state index in [9.17, 15) is 4.79 Å². The molecule has 56 valence electrons. The standard InChI is InChI=1S/C9H9OP/c10-9-6-11-5-7-3-1-2-4-8(7)9/h1-4,11H,5-6H2. The van der Waals surface area contributed by atoms with Crippen LogP contribution in [0.2, 0.25) is 0 Å². The Labute approximate surface area is 67.6 Å². The Kier molecular flexibility index (Phi) is 1.75. The molecule has 11 heavy (non-hydrogen) atoms. The Hall–Kier alpha value is -0.680. The minimum absolute atomic E-state index is 0.324. The second-order valence-electron chi connectivity index (χ2n) is 2.68. The summed E-state index contributed by atoms with van der Waals surface area (Å²) in [6.45, 7) is 0. The van der Waals surface area contributed by atoms with Gasteiger partial charge in [0.25, 0.3) is 0 Å². The molecule has 0 aromatic heterocycles. The van der Waals surface area contributed by atoms with Crippen molar-refractivity contribution in [2.24, 2.45) is 0 Å². The fourth-order valence-electron chi connectivity index (χ4n) is 1.35. The van der Waals surface area contributed by atoms with Crippen LogP contribution in [0.1, 0.15) is 15.9 Å². The first-order valence-corrected chi connectivity index (χ1v) is 5.11. The van der Waals surface area contributed by atoms with Crippen molar-refractivity contribution >= 4 is 14.4 Å². The number of carbonyl (C=O) groups excluding carboxylic acids is 1. The van der Waals surface area contributed by atoms with E-state index in [-0.39, 0.29) is 0 Å². The average Bonchev–Trinajstić information content (AvgIpc) is 2.06. The molecular formula is C9H9OP. The van der Waals surface area contributed by atoms with Gasteiger partial charge in [-0.2, -0.15) is 0 Å². The van der Waals surface area contributed by atoms with Crippen molar-refractivity contribution in [3.8, 4) is 0 Å². The van der Waals surface area contributed by atoms with Gasteiger partial charge in [0.05, 0.1) is 0 Å². The van der Waals surface area contributed by atoms with Gasteiger partial charge in [-0.05, 0) is 11.7 Å². The van der Waals surface area contributed by atoms with Gasteiger partial charge in [0.15, 0.2) is 5.78 Å². The highest BCUT2D eigenvalue weighted by atomic mass is 31.1. The van der Waals surface area contributed by atoms with Gasteiger partial charge in [0.2, 0.25) is 0 Å². The summed E-state index contributed by atoms with van der Waals surface area (Å²) in [4.78, 5) is 11.3. The number of benzene rings is 1. The van der Waals surface area contributed by atoms with Crippen molar-refractivity contribution < 1.29 is 4.79 Å². The van der Waals surface area contributed by atoms with Gasteiger partial charge >= 0.3 is 0 Å². The molecular weight excluding hydrogens is 155 g/mol. The van der Waals surface area contributed by atoms with E-state index in [4.69, 9.17) is 0 Å². The van der Waals surface area contributed by atoms with Gasteiger partial charge in [0, 0.05) is 11.7 Å². The number of fused-ring (bicyclic) bond motifs is 1. The molecule has 0 amide bonds. The summed E-state index contributed by atoms with van der Waals surface area (Å²) in [5.74, 6) is 0.324. The smallest absolute Gasteiger partial charge is 0.167 e. The zero-order valence-electron chi connectivity index (χ0n) is 6.13. The van der Waals surface area contributed by atoms with E-state index in [1.807, 2.05) is 18.2 Å². The number of rotatable bonds is 0. The molecule has 0 N–H and O–H groups in total. The van der Waals surface area contributed by atoms with Gasteiger partial charge < -0.3 is 0 Å². The molecule has 0 fully saturated rings. The van der Waals surface area contributed by atoms with Gasteiger partial charge in [-0.15, -0.1) is 8.58 Å². The fourth-order valence-corrected chi connectivity index (χ4v) is 2.47. The van der Waals surface area contributed by atoms with E-state index in [1.165, 1.54) is 5.56 Å². The fraction of sp³-hybridized carbons (Fsp3) is 0.222. The molecule has 0 saturated heterocycles. The number of carbonyl (C=O) groups is 1. The molecule has 1 aliphatic heterocycles. The van der Waals surface area contributed by atoms with Gasteiger partial charge in [0.1, 0.15) is 0 Å². The largest absolute Gasteiger partial charge is 0.294 e. The number of ketones is 1. The summed E-state index contributed by atoms with van der Waals surface area (Å²) in [5.41, 5.74) is 2.19. The lowest BCUT2D eigenvalue weighted by Gasteiger charge is -2.13. The number of hydrogen-bond acceptors (Lipinski definition) is 1. The van der Waals surface area contributed by atoms with Crippen molar-refractivity contribution in [3.63, 3.8) is 0 Å². The Bertz CT molecular complexity index is 293. The van der Waals surface area contributed by atoms with E-state index in [0.717, 1.165) is 26.5 Å². The summed E-state index contributed by atoms with van der Waals surface area (Å²) in [7, 11) is 0.799. The van der Waals surface area contributed by atoms with Crippen LogP contribution in [0.3, 0.4) is 0 Å². The molecule has 1 aromatic rings. The van der Waals surface area contributed by atoms with Crippen LogP contribution in [0.25, 0.3) is 0 Å². The lowest BCUT2D eigenvalue weighted by molar-refractivity contribution is 0.101. The minimum Gasteiger partial charge on any atom is -0.294 e. The van der Waals surface area contributed by atoms with Crippen LogP contribution in [0.4, 0.5) is 0 Å². The van der Waals surface area contributed by atoms with Crippen LogP contribution in [0.15, 0.2) is 24.3 Å². The van der Waals surface area contributed by atoms with E-state index >= 15 is 0 Å². The predicted octanol–water partition coefficient (Wildman–Crippen LogP) is 2.06. The highest BCUT2D eigenvalue weighted by Crippen LogP contribution is 2.28. The summed E-state index contributed by atoms with van der Waals surface area (Å²) in [5, 5.41) is 0. The molecule has 1 aliphatic rings. The molecule has 1 atom stereocenters. The first-order chi connectivity index (χ1) is 5.38. The van der Waals surface area contributed by atoms with Gasteiger partial charge in [-0.25, -0.2) is 0 Å². The maximum absolute atomic E-state index is 11.3. The third-order valence-electron chi connectivity index (χ3n) is 1.92. The first-order valence-electron chi connectivity index (χ1n) is 3.70. The maximum Gasteiger partial charge on any atom is 0.167 e. The quantitative estimate of drug-likeness (QED) is 0.536. The minimum atomic E-state index is 0.324. The van der Waals surface area contributed by atoms with E-state index < -0.39 is 0 Å². The lowest BCUT2D eigenvalue weighted by atomic mass is 10.1. The van der Waals surface area contributed by atoms with Crippen LogP contribution >= 0.6 is 8.58 Å². The Balaban J connectivity index is 2.52. The van der Waals surface area contributed by atoms with Crippen LogP contribution in [0.5, 0.6) is 0 Å². The van der Waals surface area contributed by atoms with Crippen LogP contribution < -0.4 is 0 Å². The van der Waals surface area contributed by atoms with Crippen molar-refractivity contribution in [2.45, 2.75) is 6.16 Å². The second kappa shape index (κ2) is 2.75. The van der Waals surface area contributed by atoms with Crippen LogP contribution in [-0.2, 0) is 6.16 Å². The highest BCUT2D eigenvalue weighted by molar-refractivity contribution is 7.38. The summed E-state index contributed by atoms with van der Waals surface area (Å²) in [6, 6.07) is 7.92. The monoisotopic (exact) mass is 164 g/mol.